The number of nitrogens with zero attached hydrogens (tertiary/aromatic N) is 1. The summed E-state index contributed by atoms with van der Waals surface area (Å²) in [4.78, 5) is 10.7. The fraction of sp³-hybridized carbons (Fsp3) is 0.167. The van der Waals surface area contributed by atoms with Crippen LogP contribution in [0.2, 0.25) is 0 Å². The first kappa shape index (κ1) is 13.2. The maximum Gasteiger partial charge on any atom is 0.293 e. The summed E-state index contributed by atoms with van der Waals surface area (Å²) < 4.78 is 24.9. The molecular formula is C6H4I3NO3S. The van der Waals surface area contributed by atoms with E-state index in [1.807, 2.05) is 45.2 Å². The van der Waals surface area contributed by atoms with Gasteiger partial charge in [-0.25, -0.2) is 3.97 Å². The average molecular weight is 551 g/mol. The van der Waals surface area contributed by atoms with Crippen LogP contribution in [0.25, 0.3) is 0 Å². The standard InChI is InChI=1S/C6H4I3NO3S/c1-3-4(2-11)6(8)10(5(3)7)14(9,12)13/h2H,1H3. The third kappa shape index (κ3) is 2.26. The molecule has 1 aromatic heterocycles. The lowest BCUT2D eigenvalue weighted by molar-refractivity contribution is 0.112. The quantitative estimate of drug-likeness (QED) is 0.323. The third-order valence-electron chi connectivity index (χ3n) is 1.63. The molecule has 1 heterocycles. The number of hydrogen-bond donors (Lipinski definition) is 0. The van der Waals surface area contributed by atoms with Gasteiger partial charge in [-0.2, -0.15) is 8.42 Å². The third-order valence-corrected chi connectivity index (χ3v) is 6.62. The second kappa shape index (κ2) is 4.53. The Labute approximate surface area is 121 Å². The topological polar surface area (TPSA) is 56.1 Å². The molecule has 0 saturated carbocycles. The largest absolute Gasteiger partial charge is 0.298 e. The van der Waals surface area contributed by atoms with Gasteiger partial charge in [0.15, 0.2) is 6.29 Å². The molecule has 78 valence electrons. The average Bonchev–Trinajstić information content (AvgIpc) is 2.22. The van der Waals surface area contributed by atoms with Gasteiger partial charge in [0.2, 0.25) is 0 Å². The van der Waals surface area contributed by atoms with E-state index in [1.54, 1.807) is 6.92 Å². The molecule has 0 saturated heterocycles. The number of hydrogen-bond acceptors (Lipinski definition) is 3. The number of aldehydes is 1. The predicted molar refractivity (Wildman–Crippen MR) is 78.3 cm³/mol. The van der Waals surface area contributed by atoms with E-state index in [-0.39, 0.29) is 0 Å². The molecule has 1 aromatic rings. The molecule has 4 nitrogen and oxygen atoms in total. The number of carbonyl (C=O) groups excluding carboxylic acids is 1. The van der Waals surface area contributed by atoms with Crippen LogP contribution in [0.4, 0.5) is 0 Å². The molecule has 1 rings (SSSR count). The molecule has 0 aliphatic heterocycles. The first-order valence-corrected chi connectivity index (χ1v) is 9.41. The fourth-order valence-corrected chi connectivity index (χ4v) is 8.33. The highest BCUT2D eigenvalue weighted by molar-refractivity contribution is 14.2. The van der Waals surface area contributed by atoms with Crippen molar-refractivity contribution in [1.82, 2.24) is 3.97 Å². The van der Waals surface area contributed by atoms with E-state index in [1.165, 1.54) is 21.2 Å². The van der Waals surface area contributed by atoms with Crippen LogP contribution in [0.5, 0.6) is 0 Å². The summed E-state index contributed by atoms with van der Waals surface area (Å²) in [5.74, 6) is 0. The first-order chi connectivity index (χ1) is 6.30. The molecule has 0 amide bonds. The van der Waals surface area contributed by atoms with Crippen molar-refractivity contribution in [3.63, 3.8) is 0 Å². The van der Waals surface area contributed by atoms with Crippen molar-refractivity contribution >= 4 is 79.9 Å². The van der Waals surface area contributed by atoms with Crippen molar-refractivity contribution in [1.29, 1.82) is 0 Å². The van der Waals surface area contributed by atoms with Crippen LogP contribution in [0.15, 0.2) is 0 Å². The smallest absolute Gasteiger partial charge is 0.293 e. The van der Waals surface area contributed by atoms with E-state index in [2.05, 4.69) is 0 Å². The van der Waals surface area contributed by atoms with Crippen LogP contribution >= 0.6 is 66.4 Å². The number of halogens is 3. The zero-order valence-corrected chi connectivity index (χ0v) is 14.1. The van der Waals surface area contributed by atoms with Gasteiger partial charge in [-0.15, -0.1) is 0 Å². The molecular weight excluding hydrogens is 547 g/mol. The molecule has 0 aromatic carbocycles. The minimum atomic E-state index is -3.36. The zero-order chi connectivity index (χ0) is 11.1. The van der Waals surface area contributed by atoms with Crippen LogP contribution in [0, 0.1) is 14.3 Å². The molecule has 0 bridgehead atoms. The Kier molecular flexibility index (Phi) is 4.26. The van der Waals surface area contributed by atoms with Crippen molar-refractivity contribution in [2.24, 2.45) is 0 Å². The summed E-state index contributed by atoms with van der Waals surface area (Å²) in [6, 6.07) is 0. The van der Waals surface area contributed by atoms with E-state index in [0.717, 1.165) is 3.97 Å². The fourth-order valence-electron chi connectivity index (χ4n) is 0.942. The summed E-state index contributed by atoms with van der Waals surface area (Å²) >= 11 is 5.12. The lowest BCUT2D eigenvalue weighted by atomic mass is 10.2. The lowest BCUT2D eigenvalue weighted by Crippen LogP contribution is -2.08. The molecule has 0 atom stereocenters. The van der Waals surface area contributed by atoms with Gasteiger partial charge in [0, 0.05) is 0 Å². The van der Waals surface area contributed by atoms with E-state index in [0.29, 0.717) is 24.8 Å². The molecule has 0 radical (unpaired) electrons. The van der Waals surface area contributed by atoms with Crippen LogP contribution in [0.3, 0.4) is 0 Å². The minimum Gasteiger partial charge on any atom is -0.298 e. The SMILES string of the molecule is Cc1c(C=O)c(I)n(S(=O)(=O)I)c1I. The molecule has 0 spiro atoms. The number of rotatable bonds is 2. The van der Waals surface area contributed by atoms with Gasteiger partial charge in [0.25, 0.3) is 7.19 Å². The predicted octanol–water partition coefficient (Wildman–Crippen LogP) is 2.35. The Bertz CT molecular complexity index is 491. The molecule has 14 heavy (non-hydrogen) atoms. The molecule has 0 aliphatic rings. The Balaban J connectivity index is 3.71. The van der Waals surface area contributed by atoms with Gasteiger partial charge in [-0.05, 0) is 57.7 Å². The van der Waals surface area contributed by atoms with E-state index < -0.39 is 7.19 Å². The molecule has 0 aliphatic carbocycles. The second-order valence-electron chi connectivity index (χ2n) is 2.44. The highest BCUT2D eigenvalue weighted by atomic mass is 127. The van der Waals surface area contributed by atoms with Gasteiger partial charge < -0.3 is 0 Å². The van der Waals surface area contributed by atoms with Gasteiger partial charge >= 0.3 is 0 Å². The number of aromatic nitrogens is 1. The van der Waals surface area contributed by atoms with Crippen LogP contribution < -0.4 is 0 Å². The van der Waals surface area contributed by atoms with Gasteiger partial charge in [-0.1, -0.05) is 0 Å². The first-order valence-electron chi connectivity index (χ1n) is 3.27. The second-order valence-corrected chi connectivity index (χ2v) is 9.02. The highest BCUT2D eigenvalue weighted by Gasteiger charge is 2.22. The van der Waals surface area contributed by atoms with Crippen molar-refractivity contribution in [2.45, 2.75) is 6.92 Å². The molecule has 0 unspecified atom stereocenters. The molecule has 8 heteroatoms. The van der Waals surface area contributed by atoms with Gasteiger partial charge in [0.05, 0.1) is 26.8 Å². The van der Waals surface area contributed by atoms with E-state index in [4.69, 9.17) is 0 Å². The summed E-state index contributed by atoms with van der Waals surface area (Å²) in [6.07, 6.45) is 0.678. The van der Waals surface area contributed by atoms with Crippen molar-refractivity contribution in [3.05, 3.63) is 18.5 Å². The summed E-state index contributed by atoms with van der Waals surface area (Å²) in [6.45, 7) is 1.73. The van der Waals surface area contributed by atoms with Crippen molar-refractivity contribution in [2.75, 3.05) is 0 Å². The van der Waals surface area contributed by atoms with Crippen molar-refractivity contribution < 1.29 is 13.2 Å². The normalized spacial score (nSPS) is 11.7. The Morgan fingerprint density at radius 2 is 1.79 bits per heavy atom. The summed E-state index contributed by atoms with van der Waals surface area (Å²) in [7, 11) is -3.36. The Morgan fingerprint density at radius 1 is 1.29 bits per heavy atom. The maximum atomic E-state index is 11.4. The van der Waals surface area contributed by atoms with E-state index >= 15 is 0 Å². The highest BCUT2D eigenvalue weighted by Crippen LogP contribution is 2.27. The van der Waals surface area contributed by atoms with Crippen LogP contribution in [0.1, 0.15) is 15.9 Å². The molecule has 0 fully saturated rings. The lowest BCUT2D eigenvalue weighted by Gasteiger charge is -2.01. The van der Waals surface area contributed by atoms with Crippen LogP contribution in [-0.2, 0) is 7.19 Å². The van der Waals surface area contributed by atoms with E-state index in [9.17, 15) is 13.2 Å². The summed E-state index contributed by atoms with van der Waals surface area (Å²) in [5.41, 5.74) is 1.14. The van der Waals surface area contributed by atoms with Gasteiger partial charge in [0.1, 0.15) is 7.40 Å². The minimum absolute atomic E-state index is 0.439. The molecule has 0 N–H and O–H groups in total. The summed E-state index contributed by atoms with van der Waals surface area (Å²) in [5, 5.41) is 0. The zero-order valence-electron chi connectivity index (χ0n) is 6.79. The Hall–Kier alpha value is 1.09. The Morgan fingerprint density at radius 3 is 2.00 bits per heavy atom. The number of carbonyl (C=O) groups is 1. The monoisotopic (exact) mass is 551 g/mol. The van der Waals surface area contributed by atoms with Gasteiger partial charge in [-0.3, -0.25) is 4.79 Å². The van der Waals surface area contributed by atoms with Crippen molar-refractivity contribution in [3.8, 4) is 0 Å². The maximum absolute atomic E-state index is 11.4. The van der Waals surface area contributed by atoms with Crippen LogP contribution in [-0.4, -0.2) is 18.7 Å².